The summed E-state index contributed by atoms with van der Waals surface area (Å²) in [7, 11) is -2.63. The van der Waals surface area contributed by atoms with Crippen LogP contribution in [0.25, 0.3) is 0 Å². The molecule has 1 aromatic rings. The van der Waals surface area contributed by atoms with Gasteiger partial charge in [0, 0.05) is 26.7 Å². The Bertz CT molecular complexity index is 596. The molecule has 2 N–H and O–H groups in total. The minimum atomic E-state index is -4.96. The second-order valence-corrected chi connectivity index (χ2v) is 6.05. The number of ether oxygens (including phenoxy) is 1. The van der Waals surface area contributed by atoms with E-state index in [0.29, 0.717) is 19.2 Å². The van der Waals surface area contributed by atoms with Gasteiger partial charge in [0.2, 0.25) is 10.0 Å². The van der Waals surface area contributed by atoms with Crippen molar-refractivity contribution in [2.45, 2.75) is 11.1 Å². The fraction of sp³-hybridized carbons (Fsp3) is 0.500. The van der Waals surface area contributed by atoms with Gasteiger partial charge in [-0.15, -0.1) is 12.4 Å². The molecule has 134 valence electrons. The van der Waals surface area contributed by atoms with Crippen LogP contribution in [-0.4, -0.2) is 41.8 Å². The molecule has 0 saturated carbocycles. The fourth-order valence-electron chi connectivity index (χ4n) is 1.55. The first-order valence-corrected chi connectivity index (χ1v) is 7.73. The van der Waals surface area contributed by atoms with E-state index in [0.717, 1.165) is 6.07 Å². The minimum absolute atomic E-state index is 0. The molecule has 0 saturated heterocycles. The molecule has 1 rings (SSSR count). The smallest absolute Gasteiger partial charge is 0.383 e. The molecule has 0 aromatic heterocycles. The summed E-state index contributed by atoms with van der Waals surface area (Å²) in [6.07, 6.45) is -4.96. The molecule has 0 spiro atoms. The standard InChI is InChI=1S/C12H16F4N2O3S.ClH/c1-21-7-6-17-4-5-18-22(19,20)9-2-3-11(13)10(8-9)12(14,15)16;/h2-3,8,17-18H,4-7H2,1H3;1H. The maximum absolute atomic E-state index is 13.1. The third-order valence-electron chi connectivity index (χ3n) is 2.63. The van der Waals surface area contributed by atoms with Crippen LogP contribution in [0.5, 0.6) is 0 Å². The minimum Gasteiger partial charge on any atom is -0.383 e. The predicted molar refractivity (Wildman–Crippen MR) is 78.6 cm³/mol. The first-order valence-electron chi connectivity index (χ1n) is 6.24. The van der Waals surface area contributed by atoms with Crippen LogP contribution in [0, 0.1) is 5.82 Å². The van der Waals surface area contributed by atoms with Crippen molar-refractivity contribution in [3.05, 3.63) is 29.6 Å². The molecular weight excluding hydrogens is 364 g/mol. The monoisotopic (exact) mass is 380 g/mol. The molecular formula is C12H17ClF4N2O3S. The third-order valence-corrected chi connectivity index (χ3v) is 4.09. The van der Waals surface area contributed by atoms with Crippen LogP contribution < -0.4 is 10.0 Å². The largest absolute Gasteiger partial charge is 0.419 e. The molecule has 0 bridgehead atoms. The van der Waals surface area contributed by atoms with E-state index >= 15 is 0 Å². The average molecular weight is 381 g/mol. The van der Waals surface area contributed by atoms with Crippen LogP contribution in [0.3, 0.4) is 0 Å². The van der Waals surface area contributed by atoms with Crippen molar-refractivity contribution in [1.82, 2.24) is 10.0 Å². The Hall–Kier alpha value is -0.940. The third kappa shape index (κ3) is 7.00. The molecule has 0 heterocycles. The zero-order chi connectivity index (χ0) is 16.8. The number of methoxy groups -OCH3 is 1. The molecule has 1 aromatic carbocycles. The van der Waals surface area contributed by atoms with E-state index in [1.165, 1.54) is 7.11 Å². The van der Waals surface area contributed by atoms with Gasteiger partial charge in [-0.3, -0.25) is 0 Å². The first-order chi connectivity index (χ1) is 10.2. The van der Waals surface area contributed by atoms with Crippen molar-refractivity contribution in [2.24, 2.45) is 0 Å². The Morgan fingerprint density at radius 2 is 1.83 bits per heavy atom. The lowest BCUT2D eigenvalue weighted by atomic mass is 10.2. The number of sulfonamides is 1. The lowest BCUT2D eigenvalue weighted by molar-refractivity contribution is -0.140. The molecule has 0 aliphatic rings. The highest BCUT2D eigenvalue weighted by molar-refractivity contribution is 7.89. The zero-order valence-electron chi connectivity index (χ0n) is 12.1. The first kappa shape index (κ1) is 22.1. The summed E-state index contributed by atoms with van der Waals surface area (Å²) in [5.74, 6) is -1.52. The van der Waals surface area contributed by atoms with E-state index in [9.17, 15) is 26.0 Å². The number of halogens is 5. The molecule has 11 heteroatoms. The van der Waals surface area contributed by atoms with Gasteiger partial charge in [0.05, 0.1) is 17.1 Å². The number of alkyl halides is 3. The van der Waals surface area contributed by atoms with Gasteiger partial charge in [-0.1, -0.05) is 0 Å². The van der Waals surface area contributed by atoms with Crippen LogP contribution in [0.1, 0.15) is 5.56 Å². The van der Waals surface area contributed by atoms with Gasteiger partial charge in [-0.25, -0.2) is 17.5 Å². The van der Waals surface area contributed by atoms with Gasteiger partial charge in [0.25, 0.3) is 0 Å². The second-order valence-electron chi connectivity index (χ2n) is 4.28. The van der Waals surface area contributed by atoms with Gasteiger partial charge in [0.15, 0.2) is 0 Å². The topological polar surface area (TPSA) is 67.4 Å². The van der Waals surface area contributed by atoms with E-state index in [1.807, 2.05) is 0 Å². The number of rotatable bonds is 8. The summed E-state index contributed by atoms with van der Waals surface area (Å²) in [4.78, 5) is -0.641. The zero-order valence-corrected chi connectivity index (χ0v) is 13.7. The number of hydrogen-bond acceptors (Lipinski definition) is 4. The number of benzene rings is 1. The van der Waals surface area contributed by atoms with Gasteiger partial charge >= 0.3 is 6.18 Å². The Labute approximate surface area is 137 Å². The summed E-state index contributed by atoms with van der Waals surface area (Å²) >= 11 is 0. The van der Waals surface area contributed by atoms with Gasteiger partial charge in [-0.05, 0) is 18.2 Å². The van der Waals surface area contributed by atoms with E-state index in [4.69, 9.17) is 4.74 Å². The van der Waals surface area contributed by atoms with Crippen LogP contribution >= 0.6 is 12.4 Å². The van der Waals surface area contributed by atoms with E-state index in [1.54, 1.807) is 0 Å². The molecule has 0 aliphatic heterocycles. The highest BCUT2D eigenvalue weighted by Gasteiger charge is 2.35. The summed E-state index contributed by atoms with van der Waals surface area (Å²) < 4.78 is 81.4. The van der Waals surface area contributed by atoms with Crippen LogP contribution in [-0.2, 0) is 20.9 Å². The second kappa shape index (κ2) is 9.38. The molecule has 0 unspecified atom stereocenters. The van der Waals surface area contributed by atoms with Crippen LogP contribution in [0.4, 0.5) is 17.6 Å². The van der Waals surface area contributed by atoms with Crippen molar-refractivity contribution in [1.29, 1.82) is 0 Å². The summed E-state index contributed by atoms with van der Waals surface area (Å²) in [6.45, 7) is 1.20. The Morgan fingerprint density at radius 1 is 1.17 bits per heavy atom. The quantitative estimate of drug-likeness (QED) is 0.533. The Kier molecular flexibility index (Phi) is 9.00. The van der Waals surface area contributed by atoms with Crippen molar-refractivity contribution < 1.29 is 30.7 Å². The molecule has 5 nitrogen and oxygen atoms in total. The van der Waals surface area contributed by atoms with E-state index < -0.39 is 32.5 Å². The maximum Gasteiger partial charge on any atom is 0.419 e. The number of nitrogens with one attached hydrogen (secondary N) is 2. The molecule has 0 atom stereocenters. The Balaban J connectivity index is 0.00000484. The summed E-state index contributed by atoms with van der Waals surface area (Å²) in [6, 6.07) is 1.54. The maximum atomic E-state index is 13.1. The van der Waals surface area contributed by atoms with Crippen LogP contribution in [0.2, 0.25) is 0 Å². The van der Waals surface area contributed by atoms with Gasteiger partial charge in [0.1, 0.15) is 5.82 Å². The molecule has 0 amide bonds. The molecule has 0 radical (unpaired) electrons. The van der Waals surface area contributed by atoms with Crippen molar-refractivity contribution in [3.63, 3.8) is 0 Å². The number of hydrogen-bond donors (Lipinski definition) is 2. The summed E-state index contributed by atoms with van der Waals surface area (Å²) in [5.41, 5.74) is -1.62. The lowest BCUT2D eigenvalue weighted by Gasteiger charge is -2.11. The van der Waals surface area contributed by atoms with E-state index in [-0.39, 0.29) is 31.6 Å². The van der Waals surface area contributed by atoms with Crippen molar-refractivity contribution in [2.75, 3.05) is 33.4 Å². The highest BCUT2D eigenvalue weighted by atomic mass is 35.5. The average Bonchev–Trinajstić information content (AvgIpc) is 2.41. The highest BCUT2D eigenvalue weighted by Crippen LogP contribution is 2.32. The normalized spacial score (nSPS) is 12.0. The SMILES string of the molecule is COCCNCCNS(=O)(=O)c1ccc(F)c(C(F)(F)F)c1.Cl. The van der Waals surface area contributed by atoms with E-state index in [2.05, 4.69) is 10.0 Å². The molecule has 0 fully saturated rings. The van der Waals surface area contributed by atoms with Gasteiger partial charge < -0.3 is 10.1 Å². The summed E-state index contributed by atoms with van der Waals surface area (Å²) in [5, 5.41) is 2.86. The lowest BCUT2D eigenvalue weighted by Crippen LogP contribution is -2.33. The molecule has 0 aliphatic carbocycles. The fourth-order valence-corrected chi connectivity index (χ4v) is 2.60. The predicted octanol–water partition coefficient (Wildman–Crippen LogP) is 1.78. The van der Waals surface area contributed by atoms with Crippen LogP contribution in [0.15, 0.2) is 23.1 Å². The van der Waals surface area contributed by atoms with Crippen molar-refractivity contribution >= 4 is 22.4 Å². The molecule has 23 heavy (non-hydrogen) atoms. The Morgan fingerprint density at radius 3 is 2.39 bits per heavy atom. The van der Waals surface area contributed by atoms with Gasteiger partial charge in [-0.2, -0.15) is 13.2 Å². The van der Waals surface area contributed by atoms with Crippen molar-refractivity contribution in [3.8, 4) is 0 Å².